The van der Waals surface area contributed by atoms with E-state index in [0.717, 1.165) is 28.0 Å². The van der Waals surface area contributed by atoms with Gasteiger partial charge in [0.25, 0.3) is 5.91 Å². The number of nitrogens with one attached hydrogen (secondary N) is 1. The summed E-state index contributed by atoms with van der Waals surface area (Å²) < 4.78 is 0. The van der Waals surface area contributed by atoms with Crippen LogP contribution in [0.4, 0.5) is 5.69 Å². The fraction of sp³-hybridized carbons (Fsp3) is 0.258. The Morgan fingerprint density at radius 1 is 0.838 bits per heavy atom. The molecule has 6 nitrogen and oxygen atoms in total. The van der Waals surface area contributed by atoms with E-state index in [4.69, 9.17) is 0 Å². The zero-order valence-electron chi connectivity index (χ0n) is 20.8. The summed E-state index contributed by atoms with van der Waals surface area (Å²) in [5, 5.41) is 3.58. The van der Waals surface area contributed by atoms with E-state index >= 15 is 0 Å². The van der Waals surface area contributed by atoms with E-state index in [1.807, 2.05) is 91.9 Å². The number of likely N-dealkylation sites (tertiary alicyclic amines) is 1. The van der Waals surface area contributed by atoms with Gasteiger partial charge in [0, 0.05) is 23.8 Å². The Bertz CT molecular complexity index is 1400. The predicted molar refractivity (Wildman–Crippen MR) is 141 cm³/mol. The molecular formula is C31H29N3O3. The smallest absolute Gasteiger partial charge is 0.253 e. The lowest BCUT2D eigenvalue weighted by molar-refractivity contribution is -0.143. The second kappa shape index (κ2) is 8.82. The van der Waals surface area contributed by atoms with Gasteiger partial charge in [-0.3, -0.25) is 24.6 Å². The van der Waals surface area contributed by atoms with Gasteiger partial charge >= 0.3 is 0 Å². The minimum absolute atomic E-state index is 0.190. The third-order valence-corrected chi connectivity index (χ3v) is 7.87. The van der Waals surface area contributed by atoms with Crippen LogP contribution in [0.5, 0.6) is 0 Å². The molecule has 6 rings (SSSR count). The molecule has 0 bridgehead atoms. The summed E-state index contributed by atoms with van der Waals surface area (Å²) >= 11 is 0. The van der Waals surface area contributed by atoms with Gasteiger partial charge in [0.15, 0.2) is 0 Å². The van der Waals surface area contributed by atoms with Gasteiger partial charge < -0.3 is 4.90 Å². The summed E-state index contributed by atoms with van der Waals surface area (Å²) in [5.41, 5.74) is 3.00. The first kappa shape index (κ1) is 23.4. The fourth-order valence-corrected chi connectivity index (χ4v) is 6.40. The highest BCUT2D eigenvalue weighted by atomic mass is 16.2. The second-order valence-electron chi connectivity index (χ2n) is 10.4. The van der Waals surface area contributed by atoms with Crippen molar-refractivity contribution in [1.29, 1.82) is 0 Å². The van der Waals surface area contributed by atoms with Crippen molar-refractivity contribution in [2.75, 3.05) is 11.4 Å². The quantitative estimate of drug-likeness (QED) is 0.421. The molecule has 0 unspecified atom stereocenters. The Labute approximate surface area is 216 Å². The summed E-state index contributed by atoms with van der Waals surface area (Å²) in [7, 11) is 0. The lowest BCUT2D eigenvalue weighted by Gasteiger charge is -2.31. The van der Waals surface area contributed by atoms with Crippen LogP contribution in [0.15, 0.2) is 97.1 Å². The van der Waals surface area contributed by atoms with E-state index in [1.165, 1.54) is 4.90 Å². The monoisotopic (exact) mass is 491 g/mol. The Morgan fingerprint density at radius 3 is 2.14 bits per heavy atom. The van der Waals surface area contributed by atoms with Gasteiger partial charge in [-0.15, -0.1) is 0 Å². The van der Waals surface area contributed by atoms with Crippen LogP contribution in [0.2, 0.25) is 0 Å². The number of hydrogen-bond acceptors (Lipinski definition) is 4. The van der Waals surface area contributed by atoms with E-state index in [2.05, 4.69) is 11.9 Å². The van der Waals surface area contributed by atoms with E-state index in [9.17, 15) is 14.4 Å². The highest BCUT2D eigenvalue weighted by molar-refractivity contribution is 6.16. The molecular weight excluding hydrogens is 462 g/mol. The highest BCUT2D eigenvalue weighted by Gasteiger charge is 2.71. The third kappa shape index (κ3) is 3.55. The molecule has 0 aliphatic carbocycles. The normalized spacial score (nSPS) is 26.2. The largest absolute Gasteiger partial charge is 0.306 e. The average Bonchev–Trinajstić information content (AvgIpc) is 3.45. The van der Waals surface area contributed by atoms with Gasteiger partial charge in [0.1, 0.15) is 5.54 Å². The number of para-hydroxylation sites is 1. The van der Waals surface area contributed by atoms with Crippen molar-refractivity contribution in [3.05, 3.63) is 114 Å². The molecule has 3 aliphatic rings. The molecule has 2 fully saturated rings. The van der Waals surface area contributed by atoms with Crippen molar-refractivity contribution in [2.24, 2.45) is 11.8 Å². The molecule has 37 heavy (non-hydrogen) atoms. The molecule has 3 aromatic rings. The number of hydrogen-bond donors (Lipinski definition) is 1. The van der Waals surface area contributed by atoms with E-state index in [1.54, 1.807) is 4.90 Å². The summed E-state index contributed by atoms with van der Waals surface area (Å²) in [5.74, 6) is -2.15. The van der Waals surface area contributed by atoms with Gasteiger partial charge in [0.2, 0.25) is 11.8 Å². The van der Waals surface area contributed by atoms with Crippen LogP contribution in [0, 0.1) is 11.8 Å². The van der Waals surface area contributed by atoms with Gasteiger partial charge in [-0.2, -0.15) is 0 Å². The Morgan fingerprint density at radius 2 is 1.46 bits per heavy atom. The number of nitrogens with zero attached hydrogens (tertiary/aromatic N) is 2. The van der Waals surface area contributed by atoms with E-state index in [-0.39, 0.29) is 30.3 Å². The summed E-state index contributed by atoms with van der Waals surface area (Å²) in [6, 6.07) is 26.7. The molecule has 0 aromatic heterocycles. The van der Waals surface area contributed by atoms with Crippen LogP contribution in [0.25, 0.3) is 0 Å². The SMILES string of the molecule is C=C(C)CN1C(=O)[C@]2(N[C@@H](Cc3ccccc3)[C@H]3C(=O)N(Cc4ccccc4)C(=O)[C@@H]32)c2ccccc21. The van der Waals surface area contributed by atoms with Crippen molar-refractivity contribution < 1.29 is 14.4 Å². The number of anilines is 1. The van der Waals surface area contributed by atoms with Crippen molar-refractivity contribution >= 4 is 23.4 Å². The summed E-state index contributed by atoms with van der Waals surface area (Å²) in [6.07, 6.45) is 0.540. The zero-order chi connectivity index (χ0) is 25.7. The lowest BCUT2D eigenvalue weighted by Crippen LogP contribution is -2.55. The number of fused-ring (bicyclic) bond motifs is 4. The fourth-order valence-electron chi connectivity index (χ4n) is 6.40. The van der Waals surface area contributed by atoms with Crippen LogP contribution in [-0.4, -0.2) is 35.2 Å². The topological polar surface area (TPSA) is 69.7 Å². The van der Waals surface area contributed by atoms with Crippen LogP contribution < -0.4 is 10.2 Å². The van der Waals surface area contributed by atoms with E-state index in [0.29, 0.717) is 13.0 Å². The Kier molecular flexibility index (Phi) is 5.57. The molecule has 1 N–H and O–H groups in total. The molecule has 3 amide bonds. The minimum atomic E-state index is -1.30. The molecule has 3 aliphatic heterocycles. The second-order valence-corrected chi connectivity index (χ2v) is 10.4. The minimum Gasteiger partial charge on any atom is -0.306 e. The Balaban J connectivity index is 1.47. The summed E-state index contributed by atoms with van der Waals surface area (Å²) in [4.78, 5) is 45.5. The van der Waals surface area contributed by atoms with Gasteiger partial charge in [-0.05, 0) is 30.5 Å². The first-order valence-corrected chi connectivity index (χ1v) is 12.7. The van der Waals surface area contributed by atoms with Gasteiger partial charge in [0.05, 0.1) is 18.4 Å². The number of benzene rings is 3. The van der Waals surface area contributed by atoms with Crippen LogP contribution >= 0.6 is 0 Å². The Hall–Kier alpha value is -4.03. The number of imide groups is 1. The lowest BCUT2D eigenvalue weighted by atomic mass is 9.76. The number of amides is 3. The maximum atomic E-state index is 14.3. The predicted octanol–water partition coefficient (Wildman–Crippen LogP) is 3.82. The molecule has 6 heteroatoms. The molecule has 0 radical (unpaired) electrons. The molecule has 186 valence electrons. The van der Waals surface area contributed by atoms with E-state index < -0.39 is 17.4 Å². The van der Waals surface area contributed by atoms with Crippen molar-refractivity contribution in [3.63, 3.8) is 0 Å². The van der Waals surface area contributed by atoms with Gasteiger partial charge in [-0.1, -0.05) is 91.0 Å². The molecule has 3 aromatic carbocycles. The van der Waals surface area contributed by atoms with Crippen LogP contribution in [0.3, 0.4) is 0 Å². The van der Waals surface area contributed by atoms with Crippen LogP contribution in [-0.2, 0) is 32.9 Å². The molecule has 3 heterocycles. The number of carbonyl (C=O) groups is 3. The highest BCUT2D eigenvalue weighted by Crippen LogP contribution is 2.55. The first-order valence-electron chi connectivity index (χ1n) is 12.7. The molecule has 1 spiro atoms. The van der Waals surface area contributed by atoms with Crippen molar-refractivity contribution in [2.45, 2.75) is 31.5 Å². The molecule has 4 atom stereocenters. The van der Waals surface area contributed by atoms with Gasteiger partial charge in [-0.25, -0.2) is 0 Å². The standard InChI is InChI=1S/C31H29N3O3/c1-20(2)18-33-25-16-10-9-15-23(25)31(30(33)37)27-26(24(32-31)17-21-11-5-3-6-12-21)28(35)34(29(27)36)19-22-13-7-4-8-14-22/h3-16,24,26-27,32H,1,17-19H2,2H3/t24-,26+,27+,31-/m0/s1. The third-order valence-electron chi connectivity index (χ3n) is 7.87. The summed E-state index contributed by atoms with van der Waals surface area (Å²) in [6.45, 7) is 6.46. The number of carbonyl (C=O) groups excluding carboxylic acids is 3. The number of rotatable bonds is 6. The maximum Gasteiger partial charge on any atom is 0.253 e. The first-order chi connectivity index (χ1) is 17.9. The average molecular weight is 492 g/mol. The maximum absolute atomic E-state index is 14.3. The van der Waals surface area contributed by atoms with Crippen LogP contribution in [0.1, 0.15) is 23.6 Å². The van der Waals surface area contributed by atoms with Crippen molar-refractivity contribution in [3.8, 4) is 0 Å². The zero-order valence-corrected chi connectivity index (χ0v) is 20.8. The van der Waals surface area contributed by atoms with Crippen molar-refractivity contribution in [1.82, 2.24) is 10.2 Å². The molecule has 2 saturated heterocycles. The molecule has 0 saturated carbocycles.